The number of nitrogens with zero attached hydrogens (tertiary/aromatic N) is 1. The van der Waals surface area contributed by atoms with Gasteiger partial charge in [-0.05, 0) is 18.9 Å². The summed E-state index contributed by atoms with van der Waals surface area (Å²) in [5.41, 5.74) is 2.73. The molecule has 0 atom stereocenters. The van der Waals surface area contributed by atoms with E-state index in [0.29, 0.717) is 0 Å². The van der Waals surface area contributed by atoms with E-state index in [-0.39, 0.29) is 5.54 Å². The Morgan fingerprint density at radius 1 is 0.800 bits per heavy atom. The summed E-state index contributed by atoms with van der Waals surface area (Å²) in [6.07, 6.45) is 15.5. The molecule has 0 amide bonds. The molecule has 1 aliphatic carbocycles. The third-order valence-corrected chi connectivity index (χ3v) is 4.92. The molecule has 1 N–H and O–H groups in total. The fourth-order valence-electron chi connectivity index (χ4n) is 3.75. The molecule has 1 aliphatic heterocycles. The lowest BCUT2D eigenvalue weighted by Crippen LogP contribution is -2.43. The lowest BCUT2D eigenvalue weighted by molar-refractivity contribution is 0.312. The Balaban J connectivity index is 1.85. The van der Waals surface area contributed by atoms with E-state index < -0.39 is 0 Å². The maximum atomic E-state index is 4.52. The molecule has 3 rings (SSSR count). The van der Waals surface area contributed by atoms with Crippen molar-refractivity contribution in [3.8, 4) is 0 Å². The second-order valence-corrected chi connectivity index (χ2v) is 6.33. The Morgan fingerprint density at radius 3 is 2.10 bits per heavy atom. The van der Waals surface area contributed by atoms with Gasteiger partial charge in [0.25, 0.3) is 0 Å². The van der Waals surface area contributed by atoms with Crippen LogP contribution in [0.4, 0.5) is 5.69 Å². The number of rotatable bonds is 0. The van der Waals surface area contributed by atoms with Gasteiger partial charge in [0.15, 0.2) is 0 Å². The maximum Gasteiger partial charge on any atom is 0.0893 e. The molecule has 1 spiro atoms. The average molecular weight is 270 g/mol. The minimum absolute atomic E-state index is 0.142. The smallest absolute Gasteiger partial charge is 0.0893 e. The van der Waals surface area contributed by atoms with Crippen molar-refractivity contribution in [2.75, 3.05) is 0 Å². The first-order valence-electron chi connectivity index (χ1n) is 8.30. The second-order valence-electron chi connectivity index (χ2n) is 6.33. The molecule has 2 aliphatic rings. The van der Waals surface area contributed by atoms with Gasteiger partial charge in [0.2, 0.25) is 0 Å². The number of para-hydroxylation sites is 1. The van der Waals surface area contributed by atoms with Gasteiger partial charge in [0.1, 0.15) is 0 Å². The summed E-state index contributed by atoms with van der Waals surface area (Å²) in [5, 5.41) is 3.64. The van der Waals surface area contributed by atoms with Gasteiger partial charge >= 0.3 is 0 Å². The molecule has 2 nitrogen and oxygen atoms in total. The Bertz CT molecular complexity index is 452. The zero-order valence-electron chi connectivity index (χ0n) is 12.4. The average Bonchev–Trinajstić information content (AvgIpc) is 2.54. The van der Waals surface area contributed by atoms with Crippen LogP contribution in [0.15, 0.2) is 29.3 Å². The molecule has 0 bridgehead atoms. The highest BCUT2D eigenvalue weighted by atomic mass is 15.1. The van der Waals surface area contributed by atoms with Crippen molar-refractivity contribution in [3.63, 3.8) is 0 Å². The largest absolute Gasteiger partial charge is 0.366 e. The number of hydrogen-bond donors (Lipinski definition) is 1. The third-order valence-electron chi connectivity index (χ3n) is 4.92. The summed E-state index contributed by atoms with van der Waals surface area (Å²) in [6, 6.07) is 8.69. The minimum atomic E-state index is 0.142. The lowest BCUT2D eigenvalue weighted by Gasteiger charge is -2.38. The molecule has 0 aromatic heterocycles. The number of nitrogens with one attached hydrogen (secondary N) is 1. The van der Waals surface area contributed by atoms with Crippen LogP contribution in [0.2, 0.25) is 0 Å². The van der Waals surface area contributed by atoms with E-state index in [1.165, 1.54) is 75.5 Å². The molecule has 2 heteroatoms. The fraction of sp³-hybridized carbons (Fsp3) is 0.611. The number of hydrogen-bond acceptors (Lipinski definition) is 2. The summed E-state index contributed by atoms with van der Waals surface area (Å²) in [5.74, 6) is 0. The van der Waals surface area contributed by atoms with Crippen molar-refractivity contribution in [1.29, 1.82) is 0 Å². The van der Waals surface area contributed by atoms with Crippen LogP contribution < -0.4 is 5.32 Å². The van der Waals surface area contributed by atoms with Gasteiger partial charge < -0.3 is 5.32 Å². The maximum absolute atomic E-state index is 4.52. The normalized spacial score (nSPS) is 22.6. The topological polar surface area (TPSA) is 24.4 Å². The molecule has 1 heterocycles. The van der Waals surface area contributed by atoms with Gasteiger partial charge in [0.05, 0.1) is 17.6 Å². The van der Waals surface area contributed by atoms with Gasteiger partial charge in [-0.25, -0.2) is 4.99 Å². The Morgan fingerprint density at radius 2 is 1.40 bits per heavy atom. The monoisotopic (exact) mass is 270 g/mol. The van der Waals surface area contributed by atoms with E-state index in [2.05, 4.69) is 34.6 Å². The summed E-state index contributed by atoms with van der Waals surface area (Å²) in [4.78, 5) is 4.52. The molecule has 0 saturated heterocycles. The van der Waals surface area contributed by atoms with Crippen molar-refractivity contribution < 1.29 is 0 Å². The number of benzene rings is 1. The van der Waals surface area contributed by atoms with E-state index in [4.69, 9.17) is 0 Å². The molecule has 1 aromatic carbocycles. The van der Waals surface area contributed by atoms with Crippen LogP contribution in [-0.2, 0) is 5.54 Å². The van der Waals surface area contributed by atoms with E-state index in [0.717, 1.165) is 0 Å². The first-order valence-corrected chi connectivity index (χ1v) is 8.30. The lowest BCUT2D eigenvalue weighted by atomic mass is 9.79. The van der Waals surface area contributed by atoms with Gasteiger partial charge in [0, 0.05) is 5.56 Å². The van der Waals surface area contributed by atoms with Crippen LogP contribution in [0.1, 0.15) is 69.8 Å². The first kappa shape index (κ1) is 13.7. The summed E-state index contributed by atoms with van der Waals surface area (Å²) >= 11 is 0. The van der Waals surface area contributed by atoms with Crippen molar-refractivity contribution in [1.82, 2.24) is 5.32 Å². The van der Waals surface area contributed by atoms with Crippen LogP contribution in [-0.4, -0.2) is 6.34 Å². The Labute approximate surface area is 122 Å². The molecule has 0 unspecified atom stereocenters. The standard InChI is InChI=1S/C18H26N2/c1-2-4-6-10-14-18(13-9-5-3-1)16-11-7-8-12-17(16)19-15-20-18/h7-8,11-12,15H,1-6,9-10,13-14H2,(H,19,20). The van der Waals surface area contributed by atoms with Gasteiger partial charge in [-0.3, -0.25) is 0 Å². The molecule has 1 saturated carbocycles. The summed E-state index contributed by atoms with van der Waals surface area (Å²) < 4.78 is 0. The molecule has 0 radical (unpaired) electrons. The summed E-state index contributed by atoms with van der Waals surface area (Å²) in [7, 11) is 0. The van der Waals surface area contributed by atoms with Crippen molar-refractivity contribution >= 4 is 12.0 Å². The molecule has 108 valence electrons. The van der Waals surface area contributed by atoms with Gasteiger partial charge in [-0.2, -0.15) is 0 Å². The predicted octanol–water partition coefficient (Wildman–Crippen LogP) is 5.06. The zero-order chi connectivity index (χ0) is 13.7. The van der Waals surface area contributed by atoms with E-state index in [1.807, 2.05) is 6.34 Å². The van der Waals surface area contributed by atoms with Crippen LogP contribution in [0, 0.1) is 0 Å². The van der Waals surface area contributed by atoms with E-state index in [9.17, 15) is 0 Å². The summed E-state index contributed by atoms with van der Waals surface area (Å²) in [6.45, 7) is 0. The molecule has 1 aromatic rings. The van der Waals surface area contributed by atoms with Crippen LogP contribution in [0.3, 0.4) is 0 Å². The number of aliphatic imine (C=N–C) groups is 1. The SMILES string of the molecule is C1=Nc2ccccc2C2(CCCCCCCCCC2)N1. The highest BCUT2D eigenvalue weighted by molar-refractivity contribution is 5.69. The zero-order valence-corrected chi connectivity index (χ0v) is 12.4. The van der Waals surface area contributed by atoms with E-state index >= 15 is 0 Å². The Hall–Kier alpha value is -1.31. The van der Waals surface area contributed by atoms with Crippen LogP contribution >= 0.6 is 0 Å². The van der Waals surface area contributed by atoms with Crippen molar-refractivity contribution in [2.24, 2.45) is 4.99 Å². The van der Waals surface area contributed by atoms with Crippen LogP contribution in [0.25, 0.3) is 0 Å². The number of fused-ring (bicyclic) bond motifs is 2. The highest BCUT2D eigenvalue weighted by Crippen LogP contribution is 2.40. The molecular weight excluding hydrogens is 244 g/mol. The van der Waals surface area contributed by atoms with E-state index in [1.54, 1.807) is 0 Å². The quantitative estimate of drug-likeness (QED) is 0.700. The predicted molar refractivity (Wildman–Crippen MR) is 85.6 cm³/mol. The van der Waals surface area contributed by atoms with Gasteiger partial charge in [-0.15, -0.1) is 0 Å². The first-order chi connectivity index (χ1) is 9.91. The van der Waals surface area contributed by atoms with Crippen molar-refractivity contribution in [2.45, 2.75) is 69.7 Å². The Kier molecular flexibility index (Phi) is 4.39. The highest BCUT2D eigenvalue weighted by Gasteiger charge is 2.34. The molecular formula is C18H26N2. The minimum Gasteiger partial charge on any atom is -0.366 e. The molecule has 1 fully saturated rings. The van der Waals surface area contributed by atoms with Crippen LogP contribution in [0.5, 0.6) is 0 Å². The second kappa shape index (κ2) is 6.43. The van der Waals surface area contributed by atoms with Crippen molar-refractivity contribution in [3.05, 3.63) is 29.8 Å². The molecule has 20 heavy (non-hydrogen) atoms. The fourth-order valence-corrected chi connectivity index (χ4v) is 3.75. The van der Waals surface area contributed by atoms with Gasteiger partial charge in [-0.1, -0.05) is 69.6 Å². The third kappa shape index (κ3) is 2.89.